The summed E-state index contributed by atoms with van der Waals surface area (Å²) in [4.78, 5) is 13.9. The number of nitrogens with one attached hydrogen (secondary N) is 1. The highest BCUT2D eigenvalue weighted by atomic mass is 32.2. The van der Waals surface area contributed by atoms with E-state index in [0.29, 0.717) is 10.6 Å². The van der Waals surface area contributed by atoms with Crippen LogP contribution in [0.1, 0.15) is 21.5 Å². The van der Waals surface area contributed by atoms with Gasteiger partial charge in [-0.25, -0.2) is 8.42 Å². The minimum absolute atomic E-state index is 0.0627. The Morgan fingerprint density at radius 1 is 1.15 bits per heavy atom. The normalized spacial score (nSPS) is 11.3. The zero-order valence-electron chi connectivity index (χ0n) is 11.2. The molecule has 2 rings (SSSR count). The highest BCUT2D eigenvalue weighted by Gasteiger charge is 2.12. The number of amides is 1. The van der Waals surface area contributed by atoms with Crippen molar-refractivity contribution in [3.8, 4) is 0 Å². The van der Waals surface area contributed by atoms with Crippen LogP contribution in [-0.4, -0.2) is 20.1 Å². The lowest BCUT2D eigenvalue weighted by Crippen LogP contribution is -2.10. The molecule has 1 N–H and O–H groups in total. The Kier molecular flexibility index (Phi) is 4.25. The van der Waals surface area contributed by atoms with Gasteiger partial charge < -0.3 is 5.32 Å². The minimum Gasteiger partial charge on any atom is -0.321 e. The van der Waals surface area contributed by atoms with E-state index in [9.17, 15) is 13.2 Å². The van der Waals surface area contributed by atoms with Crippen LogP contribution in [0.15, 0.2) is 41.3 Å². The van der Waals surface area contributed by atoms with E-state index in [1.54, 1.807) is 25.1 Å². The summed E-state index contributed by atoms with van der Waals surface area (Å²) in [6.45, 7) is 3.54. The molecule has 0 fully saturated rings. The molecule has 20 heavy (non-hydrogen) atoms. The van der Waals surface area contributed by atoms with Gasteiger partial charge in [0.25, 0.3) is 5.91 Å². The van der Waals surface area contributed by atoms with Crippen LogP contribution in [0.25, 0.3) is 0 Å². The third kappa shape index (κ3) is 3.26. The number of carbonyl (C=O) groups excluding carboxylic acids is 1. The molecule has 4 nitrogen and oxygen atoms in total. The number of thiophene rings is 1. The summed E-state index contributed by atoms with van der Waals surface area (Å²) in [6.07, 6.45) is 0. The van der Waals surface area contributed by atoms with E-state index in [4.69, 9.17) is 0 Å². The van der Waals surface area contributed by atoms with E-state index in [-0.39, 0.29) is 16.6 Å². The van der Waals surface area contributed by atoms with Gasteiger partial charge >= 0.3 is 0 Å². The second kappa shape index (κ2) is 5.76. The monoisotopic (exact) mass is 309 g/mol. The standard InChI is InChI=1S/C14H15NO3S2/c1-3-20(17,18)12-7-5-11(6-8-12)15-14(16)13-9-4-10(2)19-13/h4-9H,3H2,1-2H3,(H,15,16). The maximum absolute atomic E-state index is 11.9. The largest absolute Gasteiger partial charge is 0.321 e. The molecule has 0 atom stereocenters. The number of rotatable bonds is 4. The molecule has 1 aromatic heterocycles. The molecule has 106 valence electrons. The van der Waals surface area contributed by atoms with Crippen LogP contribution in [0.4, 0.5) is 5.69 Å². The Hall–Kier alpha value is -1.66. The molecule has 0 spiro atoms. The van der Waals surface area contributed by atoms with Gasteiger partial charge in [0.05, 0.1) is 15.5 Å². The summed E-state index contributed by atoms with van der Waals surface area (Å²) in [5, 5.41) is 2.74. The first-order valence-corrected chi connectivity index (χ1v) is 8.60. The van der Waals surface area contributed by atoms with Gasteiger partial charge in [-0.1, -0.05) is 6.92 Å². The fourth-order valence-corrected chi connectivity index (χ4v) is 3.31. The van der Waals surface area contributed by atoms with Crippen LogP contribution in [0, 0.1) is 6.92 Å². The lowest BCUT2D eigenvalue weighted by atomic mass is 10.3. The molecule has 1 aromatic carbocycles. The molecular weight excluding hydrogens is 294 g/mol. The van der Waals surface area contributed by atoms with Crippen molar-refractivity contribution in [2.24, 2.45) is 0 Å². The summed E-state index contributed by atoms with van der Waals surface area (Å²) in [6, 6.07) is 9.87. The van der Waals surface area contributed by atoms with Crippen LogP contribution in [0.3, 0.4) is 0 Å². The number of hydrogen-bond acceptors (Lipinski definition) is 4. The molecule has 0 bridgehead atoms. The molecule has 1 amide bonds. The third-order valence-corrected chi connectivity index (χ3v) is 5.57. The molecular formula is C14H15NO3S2. The van der Waals surface area contributed by atoms with Crippen molar-refractivity contribution in [1.82, 2.24) is 0 Å². The molecule has 2 aromatic rings. The molecule has 0 aliphatic heterocycles. The van der Waals surface area contributed by atoms with E-state index < -0.39 is 9.84 Å². The summed E-state index contributed by atoms with van der Waals surface area (Å²) in [5.74, 6) is -0.123. The van der Waals surface area contributed by atoms with E-state index in [1.165, 1.54) is 23.5 Å². The van der Waals surface area contributed by atoms with Gasteiger partial charge in [0.2, 0.25) is 0 Å². The first kappa shape index (κ1) is 14.7. The maximum Gasteiger partial charge on any atom is 0.265 e. The highest BCUT2D eigenvalue weighted by Crippen LogP contribution is 2.19. The van der Waals surface area contributed by atoms with Gasteiger partial charge in [-0.05, 0) is 43.3 Å². The zero-order valence-corrected chi connectivity index (χ0v) is 12.8. The molecule has 0 saturated carbocycles. The van der Waals surface area contributed by atoms with Gasteiger partial charge in [-0.15, -0.1) is 11.3 Å². The summed E-state index contributed by atoms with van der Waals surface area (Å²) in [5.41, 5.74) is 0.580. The van der Waals surface area contributed by atoms with Crippen molar-refractivity contribution in [3.63, 3.8) is 0 Å². The van der Waals surface area contributed by atoms with Gasteiger partial charge in [0.1, 0.15) is 0 Å². The number of aryl methyl sites for hydroxylation is 1. The van der Waals surface area contributed by atoms with Crippen LogP contribution in [0.2, 0.25) is 0 Å². The molecule has 0 unspecified atom stereocenters. The molecule has 0 aliphatic rings. The first-order valence-electron chi connectivity index (χ1n) is 6.13. The smallest absolute Gasteiger partial charge is 0.265 e. The van der Waals surface area contributed by atoms with Crippen molar-refractivity contribution < 1.29 is 13.2 Å². The van der Waals surface area contributed by atoms with Crippen molar-refractivity contribution in [2.75, 3.05) is 11.1 Å². The maximum atomic E-state index is 11.9. The minimum atomic E-state index is -3.20. The van der Waals surface area contributed by atoms with Gasteiger partial charge in [-0.2, -0.15) is 0 Å². The van der Waals surface area contributed by atoms with Crippen molar-refractivity contribution >= 4 is 32.8 Å². The molecule has 6 heteroatoms. The Bertz CT molecular complexity index is 715. The molecule has 0 aliphatic carbocycles. The Labute approximate surface area is 122 Å². The topological polar surface area (TPSA) is 63.2 Å². The summed E-state index contributed by atoms with van der Waals surface area (Å²) in [7, 11) is -3.20. The average Bonchev–Trinajstić information content (AvgIpc) is 2.86. The second-order valence-corrected chi connectivity index (χ2v) is 7.86. The number of sulfone groups is 1. The SMILES string of the molecule is CCS(=O)(=O)c1ccc(NC(=O)c2ccc(C)s2)cc1. The number of benzene rings is 1. The van der Waals surface area contributed by atoms with Crippen LogP contribution in [-0.2, 0) is 9.84 Å². The number of carbonyl (C=O) groups is 1. The lowest BCUT2D eigenvalue weighted by molar-refractivity contribution is 0.103. The fraction of sp³-hybridized carbons (Fsp3) is 0.214. The number of hydrogen-bond donors (Lipinski definition) is 1. The number of anilines is 1. The lowest BCUT2D eigenvalue weighted by Gasteiger charge is -2.05. The first-order chi connectivity index (χ1) is 9.42. The van der Waals surface area contributed by atoms with Crippen LogP contribution >= 0.6 is 11.3 Å². The average molecular weight is 309 g/mol. The molecule has 0 radical (unpaired) electrons. The predicted octanol–water partition coefficient (Wildman–Crippen LogP) is 3.10. The Morgan fingerprint density at radius 2 is 1.80 bits per heavy atom. The zero-order chi connectivity index (χ0) is 14.8. The highest BCUT2D eigenvalue weighted by molar-refractivity contribution is 7.91. The summed E-state index contributed by atoms with van der Waals surface area (Å²) >= 11 is 1.42. The van der Waals surface area contributed by atoms with Crippen molar-refractivity contribution in [2.45, 2.75) is 18.7 Å². The van der Waals surface area contributed by atoms with Crippen LogP contribution in [0.5, 0.6) is 0 Å². The predicted molar refractivity (Wildman–Crippen MR) is 81.2 cm³/mol. The fourth-order valence-electron chi connectivity index (χ4n) is 1.66. The van der Waals surface area contributed by atoms with Gasteiger partial charge in [0.15, 0.2) is 9.84 Å². The van der Waals surface area contributed by atoms with E-state index >= 15 is 0 Å². The van der Waals surface area contributed by atoms with Gasteiger partial charge in [-0.3, -0.25) is 4.79 Å². The second-order valence-electron chi connectivity index (χ2n) is 4.29. The van der Waals surface area contributed by atoms with Crippen molar-refractivity contribution in [1.29, 1.82) is 0 Å². The van der Waals surface area contributed by atoms with Crippen molar-refractivity contribution in [3.05, 3.63) is 46.2 Å². The Morgan fingerprint density at radius 3 is 2.30 bits per heavy atom. The van der Waals surface area contributed by atoms with E-state index in [2.05, 4.69) is 5.32 Å². The molecule has 0 saturated heterocycles. The summed E-state index contributed by atoms with van der Waals surface area (Å²) < 4.78 is 23.3. The Balaban J connectivity index is 2.14. The van der Waals surface area contributed by atoms with Gasteiger partial charge in [0, 0.05) is 10.6 Å². The van der Waals surface area contributed by atoms with E-state index in [0.717, 1.165) is 4.88 Å². The van der Waals surface area contributed by atoms with Crippen LogP contribution < -0.4 is 5.32 Å². The quantitative estimate of drug-likeness (QED) is 0.944. The molecule has 1 heterocycles. The third-order valence-electron chi connectivity index (χ3n) is 2.82. The van der Waals surface area contributed by atoms with E-state index in [1.807, 2.05) is 13.0 Å².